The van der Waals surface area contributed by atoms with Gasteiger partial charge in [-0.05, 0) is 43.9 Å². The number of ketones is 1. The van der Waals surface area contributed by atoms with Crippen molar-refractivity contribution in [3.05, 3.63) is 0 Å². The molecule has 68 valence electrons. The van der Waals surface area contributed by atoms with E-state index in [-0.39, 0.29) is 12.4 Å². The van der Waals surface area contributed by atoms with Gasteiger partial charge in [-0.15, -0.1) is 12.4 Å². The van der Waals surface area contributed by atoms with Crippen LogP contribution in [0.15, 0.2) is 0 Å². The van der Waals surface area contributed by atoms with Crippen molar-refractivity contribution < 1.29 is 4.79 Å². The Balaban J connectivity index is 0.000000563. The van der Waals surface area contributed by atoms with Crippen LogP contribution in [0.4, 0.5) is 0 Å². The van der Waals surface area contributed by atoms with E-state index < -0.39 is 0 Å². The first-order valence-electron chi connectivity index (χ1n) is 4.86. The molecule has 4 bridgehead atoms. The average molecular weight is 187 g/mol. The van der Waals surface area contributed by atoms with E-state index >= 15 is 0 Å². The van der Waals surface area contributed by atoms with Crippen molar-refractivity contribution >= 4 is 18.2 Å². The van der Waals surface area contributed by atoms with Crippen molar-refractivity contribution in [2.45, 2.75) is 32.1 Å². The van der Waals surface area contributed by atoms with Gasteiger partial charge in [-0.2, -0.15) is 0 Å². The minimum absolute atomic E-state index is 0. The van der Waals surface area contributed by atoms with Crippen molar-refractivity contribution in [2.75, 3.05) is 0 Å². The Morgan fingerprint density at radius 1 is 0.833 bits per heavy atom. The lowest BCUT2D eigenvalue weighted by molar-refractivity contribution is -0.139. The predicted molar refractivity (Wildman–Crippen MR) is 49.3 cm³/mol. The molecule has 4 fully saturated rings. The molecule has 4 rings (SSSR count). The number of hydrogen-bond acceptors (Lipinski definition) is 1. The third-order valence-electron chi connectivity index (χ3n) is 3.94. The van der Waals surface area contributed by atoms with E-state index in [4.69, 9.17) is 0 Å². The Morgan fingerprint density at radius 3 is 1.67 bits per heavy atom. The summed E-state index contributed by atoms with van der Waals surface area (Å²) >= 11 is 0. The molecule has 0 saturated heterocycles. The maximum Gasteiger partial charge on any atom is 0.139 e. The Kier molecular flexibility index (Phi) is 1.95. The second-order valence-corrected chi connectivity index (χ2v) is 4.71. The minimum atomic E-state index is 0. The largest absolute Gasteiger partial charge is 0.299 e. The molecule has 0 aliphatic heterocycles. The monoisotopic (exact) mass is 186 g/mol. The van der Waals surface area contributed by atoms with Crippen LogP contribution in [0, 0.1) is 23.7 Å². The molecule has 0 unspecified atom stereocenters. The topological polar surface area (TPSA) is 17.1 Å². The maximum absolute atomic E-state index is 11.6. The van der Waals surface area contributed by atoms with Gasteiger partial charge in [0, 0.05) is 11.8 Å². The van der Waals surface area contributed by atoms with Crippen molar-refractivity contribution in [1.82, 2.24) is 0 Å². The van der Waals surface area contributed by atoms with Crippen LogP contribution in [-0.2, 0) is 4.79 Å². The van der Waals surface area contributed by atoms with E-state index in [1.165, 1.54) is 32.1 Å². The lowest BCUT2D eigenvalue weighted by Crippen LogP contribution is -2.45. The molecule has 0 spiro atoms. The van der Waals surface area contributed by atoms with Gasteiger partial charge in [0.25, 0.3) is 0 Å². The summed E-state index contributed by atoms with van der Waals surface area (Å²) in [5.41, 5.74) is 0. The van der Waals surface area contributed by atoms with Gasteiger partial charge in [-0.1, -0.05) is 0 Å². The summed E-state index contributed by atoms with van der Waals surface area (Å²) in [7, 11) is 0. The highest BCUT2D eigenvalue weighted by Crippen LogP contribution is 2.51. The molecule has 0 atom stereocenters. The lowest BCUT2D eigenvalue weighted by atomic mass is 9.56. The molecule has 0 heterocycles. The third-order valence-corrected chi connectivity index (χ3v) is 3.94. The number of hydrogen-bond donors (Lipinski definition) is 0. The van der Waals surface area contributed by atoms with Crippen LogP contribution in [0.2, 0.25) is 0 Å². The van der Waals surface area contributed by atoms with Crippen molar-refractivity contribution in [2.24, 2.45) is 23.7 Å². The van der Waals surface area contributed by atoms with E-state index in [0.717, 1.165) is 11.8 Å². The molecule has 1 nitrogen and oxygen atoms in total. The molecule has 0 aromatic heterocycles. The molecular weight excluding hydrogens is 172 g/mol. The van der Waals surface area contributed by atoms with Gasteiger partial charge in [-0.25, -0.2) is 0 Å². The van der Waals surface area contributed by atoms with Crippen molar-refractivity contribution in [3.63, 3.8) is 0 Å². The molecule has 2 heteroatoms. The summed E-state index contributed by atoms with van der Waals surface area (Å²) in [6, 6.07) is 0. The molecule has 0 radical (unpaired) electrons. The molecule has 4 saturated carbocycles. The highest BCUT2D eigenvalue weighted by molar-refractivity contribution is 5.85. The zero-order valence-corrected chi connectivity index (χ0v) is 7.98. The summed E-state index contributed by atoms with van der Waals surface area (Å²) in [6.07, 6.45) is 6.41. The van der Waals surface area contributed by atoms with E-state index in [2.05, 4.69) is 0 Å². The zero-order valence-electron chi connectivity index (χ0n) is 7.16. The van der Waals surface area contributed by atoms with Gasteiger partial charge < -0.3 is 0 Å². The summed E-state index contributed by atoms with van der Waals surface area (Å²) in [5.74, 6) is 3.51. The SMILES string of the molecule is Cl.O=C1C2CC3CC(C2)CC1C3. The van der Waals surface area contributed by atoms with Crippen LogP contribution in [0.5, 0.6) is 0 Å². The second-order valence-electron chi connectivity index (χ2n) is 4.71. The Labute approximate surface area is 79.3 Å². The third kappa shape index (κ3) is 1.02. The van der Waals surface area contributed by atoms with E-state index in [9.17, 15) is 4.79 Å². The van der Waals surface area contributed by atoms with Crippen LogP contribution in [-0.4, -0.2) is 5.78 Å². The van der Waals surface area contributed by atoms with Crippen LogP contribution in [0.1, 0.15) is 32.1 Å². The Hall–Kier alpha value is -0.0400. The highest BCUT2D eigenvalue weighted by Gasteiger charge is 2.47. The number of Topliss-reactive ketones (excluding diaryl/α,β-unsaturated/α-hetero) is 1. The Bertz CT molecular complexity index is 182. The molecule has 0 aromatic rings. The quantitative estimate of drug-likeness (QED) is 0.568. The van der Waals surface area contributed by atoms with E-state index in [0.29, 0.717) is 17.6 Å². The molecular formula is C10H15ClO. The summed E-state index contributed by atoms with van der Waals surface area (Å²) in [6.45, 7) is 0. The summed E-state index contributed by atoms with van der Waals surface area (Å²) < 4.78 is 0. The highest BCUT2D eigenvalue weighted by atomic mass is 35.5. The van der Waals surface area contributed by atoms with Gasteiger partial charge in [0.2, 0.25) is 0 Å². The van der Waals surface area contributed by atoms with E-state index in [1.807, 2.05) is 0 Å². The van der Waals surface area contributed by atoms with Gasteiger partial charge in [0.05, 0.1) is 0 Å². The molecule has 4 aliphatic rings. The number of carbonyl (C=O) groups is 1. The fraction of sp³-hybridized carbons (Fsp3) is 0.900. The molecule has 4 aliphatic carbocycles. The van der Waals surface area contributed by atoms with Crippen LogP contribution >= 0.6 is 12.4 Å². The van der Waals surface area contributed by atoms with Crippen LogP contribution in [0.25, 0.3) is 0 Å². The average Bonchev–Trinajstić information content (AvgIpc) is 1.98. The number of halogens is 1. The van der Waals surface area contributed by atoms with Gasteiger partial charge >= 0.3 is 0 Å². The standard InChI is InChI=1S/C10H14O.ClH/c11-10-8-2-6-1-7(4-8)5-9(10)3-6;/h6-9H,1-5H2;1H. The Morgan fingerprint density at radius 2 is 1.25 bits per heavy atom. The minimum Gasteiger partial charge on any atom is -0.299 e. The van der Waals surface area contributed by atoms with Crippen molar-refractivity contribution in [1.29, 1.82) is 0 Å². The first kappa shape index (κ1) is 8.55. The summed E-state index contributed by atoms with van der Waals surface area (Å²) in [4.78, 5) is 11.6. The zero-order chi connectivity index (χ0) is 7.42. The van der Waals surface area contributed by atoms with Crippen LogP contribution in [0.3, 0.4) is 0 Å². The number of rotatable bonds is 0. The summed E-state index contributed by atoms with van der Waals surface area (Å²) in [5, 5.41) is 0. The van der Waals surface area contributed by atoms with Crippen molar-refractivity contribution in [3.8, 4) is 0 Å². The fourth-order valence-electron chi connectivity index (χ4n) is 3.65. The fourth-order valence-corrected chi connectivity index (χ4v) is 3.65. The number of carbonyl (C=O) groups excluding carboxylic acids is 1. The predicted octanol–water partition coefficient (Wildman–Crippen LogP) is 2.43. The first-order valence-corrected chi connectivity index (χ1v) is 4.86. The van der Waals surface area contributed by atoms with Gasteiger partial charge in [0.1, 0.15) is 5.78 Å². The normalized spacial score (nSPS) is 49.2. The van der Waals surface area contributed by atoms with Crippen LogP contribution < -0.4 is 0 Å². The molecule has 12 heavy (non-hydrogen) atoms. The van der Waals surface area contributed by atoms with E-state index in [1.54, 1.807) is 0 Å². The molecule has 0 amide bonds. The first-order chi connectivity index (χ1) is 5.33. The second kappa shape index (κ2) is 2.73. The van der Waals surface area contributed by atoms with Gasteiger partial charge in [-0.3, -0.25) is 4.79 Å². The molecule has 0 aromatic carbocycles. The maximum atomic E-state index is 11.6. The molecule has 0 N–H and O–H groups in total. The van der Waals surface area contributed by atoms with Gasteiger partial charge in [0.15, 0.2) is 0 Å². The smallest absolute Gasteiger partial charge is 0.139 e. The lowest BCUT2D eigenvalue weighted by Gasteiger charge is -2.48.